The van der Waals surface area contributed by atoms with Crippen LogP contribution in [0.2, 0.25) is 5.02 Å². The number of carbonyl (C=O) groups is 1. The summed E-state index contributed by atoms with van der Waals surface area (Å²) in [4.78, 5) is 24.1. The van der Waals surface area contributed by atoms with Gasteiger partial charge in [0.15, 0.2) is 0 Å². The van der Waals surface area contributed by atoms with Crippen molar-refractivity contribution in [2.24, 2.45) is 0 Å². The quantitative estimate of drug-likeness (QED) is 0.742. The third kappa shape index (κ3) is 3.33. The number of aromatic nitrogens is 4. The second-order valence-corrected chi connectivity index (χ2v) is 5.31. The highest BCUT2D eigenvalue weighted by molar-refractivity contribution is 6.33. The van der Waals surface area contributed by atoms with Crippen LogP contribution in [-0.4, -0.2) is 26.0 Å². The molecule has 0 aliphatic heterocycles. The predicted molar refractivity (Wildman–Crippen MR) is 87.1 cm³/mol. The van der Waals surface area contributed by atoms with Gasteiger partial charge in [-0.05, 0) is 19.1 Å². The number of nitrogens with zero attached hydrogens (tertiary/aromatic N) is 4. The van der Waals surface area contributed by atoms with E-state index in [-0.39, 0.29) is 24.3 Å². The minimum absolute atomic E-state index is 0.0695. The third-order valence-electron chi connectivity index (χ3n) is 3.23. The lowest BCUT2D eigenvalue weighted by Crippen LogP contribution is -2.24. The van der Waals surface area contributed by atoms with Crippen molar-refractivity contribution in [2.75, 3.05) is 5.73 Å². The minimum atomic E-state index is -0.356. The van der Waals surface area contributed by atoms with Gasteiger partial charge in [0.25, 0.3) is 5.91 Å². The Bertz CT molecular complexity index is 895. The van der Waals surface area contributed by atoms with Crippen molar-refractivity contribution in [3.63, 3.8) is 0 Å². The maximum absolute atomic E-state index is 12.1. The average Bonchev–Trinajstić information content (AvgIpc) is 3.02. The molecule has 3 aromatic rings. The van der Waals surface area contributed by atoms with Gasteiger partial charge >= 0.3 is 0 Å². The molecule has 8 nitrogen and oxygen atoms in total. The van der Waals surface area contributed by atoms with Gasteiger partial charge in [0.2, 0.25) is 17.7 Å². The molecule has 0 saturated carbocycles. The highest BCUT2D eigenvalue weighted by Gasteiger charge is 2.14. The Morgan fingerprint density at radius 2 is 2.12 bits per heavy atom. The zero-order chi connectivity index (χ0) is 17.1. The van der Waals surface area contributed by atoms with Crippen molar-refractivity contribution in [3.05, 3.63) is 52.6 Å². The largest absolute Gasteiger partial charge is 0.368 e. The van der Waals surface area contributed by atoms with Gasteiger partial charge in [-0.3, -0.25) is 4.79 Å². The lowest BCUT2D eigenvalue weighted by Gasteiger charge is -2.04. The number of nitrogen functional groups attached to an aromatic ring is 1. The second-order valence-electron chi connectivity index (χ2n) is 4.90. The average molecular weight is 345 g/mol. The molecule has 3 rings (SSSR count). The Hall–Kier alpha value is -3.00. The normalized spacial score (nSPS) is 10.6. The lowest BCUT2D eigenvalue weighted by atomic mass is 10.2. The van der Waals surface area contributed by atoms with Crippen LogP contribution in [0, 0.1) is 6.92 Å². The Balaban J connectivity index is 1.69. The Morgan fingerprint density at radius 3 is 2.88 bits per heavy atom. The molecule has 0 radical (unpaired) electrons. The molecule has 1 aromatic carbocycles. The number of rotatable bonds is 4. The van der Waals surface area contributed by atoms with Crippen LogP contribution in [0.15, 0.2) is 35.0 Å². The second kappa shape index (κ2) is 6.63. The van der Waals surface area contributed by atoms with Crippen LogP contribution in [0.3, 0.4) is 0 Å². The van der Waals surface area contributed by atoms with Crippen molar-refractivity contribution in [1.82, 2.24) is 25.4 Å². The van der Waals surface area contributed by atoms with E-state index in [0.717, 1.165) is 0 Å². The third-order valence-corrected chi connectivity index (χ3v) is 3.56. The summed E-state index contributed by atoms with van der Waals surface area (Å²) in [6, 6.07) is 7.15. The van der Waals surface area contributed by atoms with Gasteiger partial charge in [-0.2, -0.15) is 4.98 Å². The molecule has 0 bridgehead atoms. The van der Waals surface area contributed by atoms with Crippen LogP contribution in [0.5, 0.6) is 0 Å². The van der Waals surface area contributed by atoms with Crippen LogP contribution in [0.4, 0.5) is 5.95 Å². The van der Waals surface area contributed by atoms with Crippen LogP contribution >= 0.6 is 11.6 Å². The summed E-state index contributed by atoms with van der Waals surface area (Å²) < 4.78 is 5.12. The summed E-state index contributed by atoms with van der Waals surface area (Å²) in [6.45, 7) is 1.75. The molecular formula is C15H13ClN6O2. The van der Waals surface area contributed by atoms with Crippen LogP contribution in [0.25, 0.3) is 11.4 Å². The number of hydrogen-bond acceptors (Lipinski definition) is 7. The summed E-state index contributed by atoms with van der Waals surface area (Å²) in [5, 5.41) is 7.05. The molecule has 3 N–H and O–H groups in total. The highest BCUT2D eigenvalue weighted by Crippen LogP contribution is 2.24. The van der Waals surface area contributed by atoms with Gasteiger partial charge in [0.05, 0.1) is 22.8 Å². The van der Waals surface area contributed by atoms with Gasteiger partial charge in [-0.1, -0.05) is 28.9 Å². The minimum Gasteiger partial charge on any atom is -0.368 e. The molecule has 24 heavy (non-hydrogen) atoms. The maximum atomic E-state index is 12.1. The predicted octanol–water partition coefficient (Wildman–Crippen LogP) is 2.00. The number of amides is 1. The fraction of sp³-hybridized carbons (Fsp3) is 0.133. The van der Waals surface area contributed by atoms with E-state index < -0.39 is 0 Å². The number of benzene rings is 1. The maximum Gasteiger partial charge on any atom is 0.255 e. The van der Waals surface area contributed by atoms with Crippen LogP contribution < -0.4 is 11.1 Å². The van der Waals surface area contributed by atoms with Gasteiger partial charge in [0, 0.05) is 11.8 Å². The number of anilines is 1. The van der Waals surface area contributed by atoms with Gasteiger partial charge in [-0.15, -0.1) is 0 Å². The van der Waals surface area contributed by atoms with Crippen molar-refractivity contribution in [3.8, 4) is 11.4 Å². The van der Waals surface area contributed by atoms with Gasteiger partial charge in [0.1, 0.15) is 0 Å². The summed E-state index contributed by atoms with van der Waals surface area (Å²) in [6.07, 6.45) is 1.37. The Morgan fingerprint density at radius 1 is 1.33 bits per heavy atom. The van der Waals surface area contributed by atoms with Gasteiger partial charge < -0.3 is 15.6 Å². The van der Waals surface area contributed by atoms with Crippen LogP contribution in [-0.2, 0) is 6.54 Å². The molecule has 0 spiro atoms. The first-order valence-corrected chi connectivity index (χ1v) is 7.37. The van der Waals surface area contributed by atoms with E-state index in [1.807, 2.05) is 12.1 Å². The topological polar surface area (TPSA) is 120 Å². The first kappa shape index (κ1) is 15.9. The monoisotopic (exact) mass is 344 g/mol. The molecule has 2 heterocycles. The SMILES string of the molecule is Cc1nc(N)ncc1C(=O)NCc1nc(-c2ccccc2Cl)no1. The fourth-order valence-corrected chi connectivity index (χ4v) is 2.26. The number of halogens is 1. The zero-order valence-corrected chi connectivity index (χ0v) is 13.4. The number of hydrogen-bond donors (Lipinski definition) is 2. The molecule has 0 aliphatic carbocycles. The first-order chi connectivity index (χ1) is 11.5. The molecule has 2 aromatic heterocycles. The van der Waals surface area contributed by atoms with E-state index in [9.17, 15) is 4.79 Å². The van der Waals surface area contributed by atoms with Crippen molar-refractivity contribution in [1.29, 1.82) is 0 Å². The molecule has 0 unspecified atom stereocenters. The summed E-state index contributed by atoms with van der Waals surface area (Å²) in [7, 11) is 0. The van der Waals surface area contributed by atoms with E-state index in [1.165, 1.54) is 6.20 Å². The zero-order valence-electron chi connectivity index (χ0n) is 12.7. The molecule has 1 amide bonds. The van der Waals surface area contributed by atoms with Gasteiger partial charge in [-0.25, -0.2) is 9.97 Å². The van der Waals surface area contributed by atoms with E-state index in [2.05, 4.69) is 25.4 Å². The van der Waals surface area contributed by atoms with E-state index >= 15 is 0 Å². The molecule has 0 atom stereocenters. The Kier molecular flexibility index (Phi) is 4.39. The first-order valence-electron chi connectivity index (χ1n) is 6.99. The Labute approximate surface area is 142 Å². The summed E-state index contributed by atoms with van der Waals surface area (Å²) in [5.74, 6) is 0.375. The van der Waals surface area contributed by atoms with Crippen molar-refractivity contribution in [2.45, 2.75) is 13.5 Å². The molecular weight excluding hydrogens is 332 g/mol. The molecule has 9 heteroatoms. The van der Waals surface area contributed by atoms with E-state index in [0.29, 0.717) is 27.7 Å². The van der Waals surface area contributed by atoms with E-state index in [1.54, 1.807) is 19.1 Å². The molecule has 0 fully saturated rings. The number of carbonyl (C=O) groups excluding carboxylic acids is 1. The summed E-state index contributed by atoms with van der Waals surface area (Å²) in [5.41, 5.74) is 6.94. The molecule has 122 valence electrons. The number of aryl methyl sites for hydroxylation is 1. The van der Waals surface area contributed by atoms with E-state index in [4.69, 9.17) is 21.9 Å². The van der Waals surface area contributed by atoms with Crippen molar-refractivity contribution < 1.29 is 9.32 Å². The smallest absolute Gasteiger partial charge is 0.255 e. The number of nitrogens with one attached hydrogen (secondary N) is 1. The van der Waals surface area contributed by atoms with Crippen molar-refractivity contribution >= 4 is 23.5 Å². The number of nitrogens with two attached hydrogens (primary N) is 1. The standard InChI is InChI=1S/C15H13ClN6O2/c1-8-10(6-19-15(17)20-8)14(23)18-7-12-21-13(22-24-12)9-4-2-3-5-11(9)16/h2-6H,7H2,1H3,(H,18,23)(H2,17,19,20). The highest BCUT2D eigenvalue weighted by atomic mass is 35.5. The fourth-order valence-electron chi connectivity index (χ4n) is 2.04. The lowest BCUT2D eigenvalue weighted by molar-refractivity contribution is 0.0945. The summed E-state index contributed by atoms with van der Waals surface area (Å²) >= 11 is 6.09. The molecule has 0 aliphatic rings. The van der Waals surface area contributed by atoms with Crippen LogP contribution in [0.1, 0.15) is 21.9 Å². The molecule has 0 saturated heterocycles.